The van der Waals surface area contributed by atoms with Gasteiger partial charge in [-0.15, -0.1) is 0 Å². The molecule has 0 aromatic heterocycles. The number of hydrogen-bond acceptors (Lipinski definition) is 3. The van der Waals surface area contributed by atoms with Gasteiger partial charge in [-0.1, -0.05) is 0 Å². The molecule has 10 heavy (non-hydrogen) atoms. The molecule has 0 heterocycles. The molecule has 2 N–H and O–H groups in total. The minimum Gasteiger partial charge on any atom is -0.382 e. The molecule has 0 aliphatic carbocycles. The lowest BCUT2D eigenvalue weighted by molar-refractivity contribution is -0.201. The standard InChI is InChI=1S/C4H5F3N2O/c5-4(6,7)3(10)1-9-2-8/h3,9-10H,1H2. The maximum absolute atomic E-state index is 11.4. The van der Waals surface area contributed by atoms with E-state index in [9.17, 15) is 13.2 Å². The lowest BCUT2D eigenvalue weighted by atomic mass is 10.3. The van der Waals surface area contributed by atoms with Crippen molar-refractivity contribution in [3.63, 3.8) is 0 Å². The Hall–Kier alpha value is -0.960. The van der Waals surface area contributed by atoms with Crippen molar-refractivity contribution >= 4 is 0 Å². The lowest BCUT2D eigenvalue weighted by Crippen LogP contribution is -2.36. The van der Waals surface area contributed by atoms with Crippen LogP contribution < -0.4 is 5.32 Å². The molecule has 0 aliphatic rings. The van der Waals surface area contributed by atoms with E-state index in [2.05, 4.69) is 0 Å². The molecule has 0 amide bonds. The molecule has 0 saturated heterocycles. The zero-order chi connectivity index (χ0) is 8.20. The fourth-order valence-electron chi connectivity index (χ4n) is 0.258. The van der Waals surface area contributed by atoms with Gasteiger partial charge in [0.25, 0.3) is 0 Å². The van der Waals surface area contributed by atoms with Gasteiger partial charge in [0.2, 0.25) is 0 Å². The first-order valence-corrected chi connectivity index (χ1v) is 2.35. The highest BCUT2D eigenvalue weighted by Gasteiger charge is 2.37. The first kappa shape index (κ1) is 9.04. The van der Waals surface area contributed by atoms with Crippen LogP contribution in [0.4, 0.5) is 13.2 Å². The molecule has 0 saturated carbocycles. The van der Waals surface area contributed by atoms with E-state index < -0.39 is 18.8 Å². The maximum Gasteiger partial charge on any atom is 0.416 e. The van der Waals surface area contributed by atoms with Crippen LogP contribution in [-0.4, -0.2) is 23.9 Å². The van der Waals surface area contributed by atoms with Gasteiger partial charge in [-0.25, -0.2) is 0 Å². The van der Waals surface area contributed by atoms with Crippen LogP contribution in [0.25, 0.3) is 0 Å². The minimum atomic E-state index is -4.65. The van der Waals surface area contributed by atoms with E-state index in [0.29, 0.717) is 0 Å². The molecule has 0 bridgehead atoms. The van der Waals surface area contributed by atoms with Gasteiger partial charge in [0.1, 0.15) is 0 Å². The molecule has 58 valence electrons. The molecule has 0 fully saturated rings. The van der Waals surface area contributed by atoms with Gasteiger partial charge in [-0.2, -0.15) is 18.4 Å². The molecular formula is C4H5F3N2O. The van der Waals surface area contributed by atoms with E-state index in [1.165, 1.54) is 6.19 Å². The topological polar surface area (TPSA) is 56.0 Å². The number of hydrogen-bond donors (Lipinski definition) is 2. The number of rotatable bonds is 2. The molecule has 6 heteroatoms. The number of nitrogens with one attached hydrogen (secondary N) is 1. The van der Waals surface area contributed by atoms with Gasteiger partial charge in [-0.05, 0) is 0 Å². The second-order valence-electron chi connectivity index (χ2n) is 1.55. The van der Waals surface area contributed by atoms with Crippen LogP contribution in [0.5, 0.6) is 0 Å². The molecule has 0 spiro atoms. The average Bonchev–Trinajstić information content (AvgIpc) is 1.80. The van der Waals surface area contributed by atoms with Crippen molar-refractivity contribution in [2.24, 2.45) is 0 Å². The summed E-state index contributed by atoms with van der Waals surface area (Å²) in [5.74, 6) is 0. The average molecular weight is 154 g/mol. The molecule has 1 atom stereocenters. The number of nitriles is 1. The van der Waals surface area contributed by atoms with E-state index >= 15 is 0 Å². The highest BCUT2D eigenvalue weighted by Crippen LogP contribution is 2.18. The summed E-state index contributed by atoms with van der Waals surface area (Å²) < 4.78 is 34.1. The van der Waals surface area contributed by atoms with E-state index in [-0.39, 0.29) is 0 Å². The molecule has 0 aromatic rings. The summed E-state index contributed by atoms with van der Waals surface area (Å²) >= 11 is 0. The van der Waals surface area contributed by atoms with Gasteiger partial charge in [0.05, 0.1) is 6.54 Å². The summed E-state index contributed by atoms with van der Waals surface area (Å²) in [6.45, 7) is -0.792. The fraction of sp³-hybridized carbons (Fsp3) is 0.750. The first-order valence-electron chi connectivity index (χ1n) is 2.35. The summed E-state index contributed by atoms with van der Waals surface area (Å²) in [5.41, 5.74) is 0. The summed E-state index contributed by atoms with van der Waals surface area (Å²) in [5, 5.41) is 17.6. The molecule has 0 rings (SSSR count). The highest BCUT2D eigenvalue weighted by atomic mass is 19.4. The second kappa shape index (κ2) is 3.27. The normalized spacial score (nSPS) is 13.9. The summed E-state index contributed by atoms with van der Waals surface area (Å²) in [7, 11) is 0. The molecular weight excluding hydrogens is 149 g/mol. The Labute approximate surface area is 55.1 Å². The maximum atomic E-state index is 11.4. The number of nitrogens with zero attached hydrogens (tertiary/aromatic N) is 1. The third kappa shape index (κ3) is 3.14. The van der Waals surface area contributed by atoms with Gasteiger partial charge in [0.15, 0.2) is 12.3 Å². The third-order valence-electron chi connectivity index (χ3n) is 0.752. The summed E-state index contributed by atoms with van der Waals surface area (Å²) in [6, 6.07) is 0. The number of alkyl halides is 3. The van der Waals surface area contributed by atoms with E-state index in [0.717, 1.165) is 0 Å². The molecule has 0 aliphatic heterocycles. The smallest absolute Gasteiger partial charge is 0.382 e. The van der Waals surface area contributed by atoms with Crippen LogP contribution in [0.1, 0.15) is 0 Å². The summed E-state index contributed by atoms with van der Waals surface area (Å²) in [4.78, 5) is 0. The lowest BCUT2D eigenvalue weighted by Gasteiger charge is -2.12. The van der Waals surface area contributed by atoms with Crippen LogP contribution >= 0.6 is 0 Å². The van der Waals surface area contributed by atoms with Crippen molar-refractivity contribution in [3.8, 4) is 6.19 Å². The van der Waals surface area contributed by atoms with E-state index in [1.807, 2.05) is 0 Å². The van der Waals surface area contributed by atoms with Crippen molar-refractivity contribution in [1.29, 1.82) is 5.26 Å². The molecule has 0 aromatic carbocycles. The van der Waals surface area contributed by atoms with Crippen LogP contribution in [0.15, 0.2) is 0 Å². The predicted octanol–water partition coefficient (Wildman–Crippen LogP) is -0.0197. The van der Waals surface area contributed by atoms with Crippen molar-refractivity contribution in [2.45, 2.75) is 12.3 Å². The van der Waals surface area contributed by atoms with E-state index in [4.69, 9.17) is 10.4 Å². The fourth-order valence-corrected chi connectivity index (χ4v) is 0.258. The van der Waals surface area contributed by atoms with Crippen molar-refractivity contribution in [1.82, 2.24) is 5.32 Å². The number of aliphatic hydroxyl groups is 1. The Morgan fingerprint density at radius 1 is 1.60 bits per heavy atom. The van der Waals surface area contributed by atoms with Crippen LogP contribution in [-0.2, 0) is 0 Å². The van der Waals surface area contributed by atoms with Crippen LogP contribution in [0.3, 0.4) is 0 Å². The Morgan fingerprint density at radius 3 is 2.40 bits per heavy atom. The zero-order valence-electron chi connectivity index (χ0n) is 4.81. The van der Waals surface area contributed by atoms with Crippen molar-refractivity contribution < 1.29 is 18.3 Å². The van der Waals surface area contributed by atoms with Crippen molar-refractivity contribution in [2.75, 3.05) is 6.54 Å². The zero-order valence-corrected chi connectivity index (χ0v) is 4.81. The molecule has 1 unspecified atom stereocenters. The second-order valence-corrected chi connectivity index (χ2v) is 1.55. The predicted molar refractivity (Wildman–Crippen MR) is 25.7 cm³/mol. The number of aliphatic hydroxyl groups excluding tert-OH is 1. The highest BCUT2D eigenvalue weighted by molar-refractivity contribution is 4.73. The largest absolute Gasteiger partial charge is 0.416 e. The molecule has 0 radical (unpaired) electrons. The minimum absolute atomic E-state index is 0.792. The SMILES string of the molecule is N#CNCC(O)C(F)(F)F. The van der Waals surface area contributed by atoms with Crippen LogP contribution in [0, 0.1) is 11.5 Å². The summed E-state index contributed by atoms with van der Waals surface area (Å²) in [6.07, 6.45) is -5.85. The third-order valence-corrected chi connectivity index (χ3v) is 0.752. The quantitative estimate of drug-likeness (QED) is 0.434. The van der Waals surface area contributed by atoms with Gasteiger partial charge in [0, 0.05) is 0 Å². The van der Waals surface area contributed by atoms with Crippen molar-refractivity contribution in [3.05, 3.63) is 0 Å². The van der Waals surface area contributed by atoms with Gasteiger partial charge in [-0.3, -0.25) is 0 Å². The van der Waals surface area contributed by atoms with Gasteiger partial charge >= 0.3 is 6.18 Å². The Bertz CT molecular complexity index is 138. The molecule has 3 nitrogen and oxygen atoms in total. The Balaban J connectivity index is 3.65. The van der Waals surface area contributed by atoms with Gasteiger partial charge < -0.3 is 10.4 Å². The van der Waals surface area contributed by atoms with E-state index in [1.54, 1.807) is 5.32 Å². The van der Waals surface area contributed by atoms with Crippen LogP contribution in [0.2, 0.25) is 0 Å². The monoisotopic (exact) mass is 154 g/mol. The Morgan fingerprint density at radius 2 is 2.10 bits per heavy atom. The first-order chi connectivity index (χ1) is 4.48. The number of halogens is 3. The Kier molecular flexibility index (Phi) is 2.96.